The van der Waals surface area contributed by atoms with Crippen LogP contribution in [-0.2, 0) is 4.79 Å². The Hall–Kier alpha value is -2.49. The first-order valence-electron chi connectivity index (χ1n) is 5.39. The van der Waals surface area contributed by atoms with Crippen LogP contribution >= 0.6 is 0 Å². The molecule has 0 atom stereocenters. The monoisotopic (exact) mass is 242 g/mol. The van der Waals surface area contributed by atoms with E-state index in [1.54, 1.807) is 12.4 Å². The lowest BCUT2D eigenvalue weighted by Gasteiger charge is -1.96. The van der Waals surface area contributed by atoms with Crippen molar-refractivity contribution in [1.82, 2.24) is 9.97 Å². The smallest absolute Gasteiger partial charge is 0.307 e. The first-order valence-corrected chi connectivity index (χ1v) is 5.39. The van der Waals surface area contributed by atoms with Crippen LogP contribution in [0, 0.1) is 0 Å². The standard InChI is InChI=1S/C10H8N2.C4H6O2/c1-3-7-11-9(5-1)10-6-2-4-8-12-10;1-2-3-4(5)6/h1-8H;2H,1,3H2,(H,5,6). The largest absolute Gasteiger partial charge is 0.481 e. The summed E-state index contributed by atoms with van der Waals surface area (Å²) in [7, 11) is 0. The summed E-state index contributed by atoms with van der Waals surface area (Å²) in [6, 6.07) is 11.6. The Bertz CT molecular complexity index is 446. The van der Waals surface area contributed by atoms with Crippen molar-refractivity contribution in [3.63, 3.8) is 0 Å². The minimum Gasteiger partial charge on any atom is -0.481 e. The number of carboxylic acid groups (broad SMARTS) is 1. The maximum Gasteiger partial charge on any atom is 0.307 e. The van der Waals surface area contributed by atoms with Crippen LogP contribution < -0.4 is 0 Å². The van der Waals surface area contributed by atoms with Gasteiger partial charge in [-0.05, 0) is 24.3 Å². The van der Waals surface area contributed by atoms with E-state index in [1.165, 1.54) is 6.08 Å². The Morgan fingerprint density at radius 3 is 1.83 bits per heavy atom. The molecule has 0 saturated carbocycles. The summed E-state index contributed by atoms with van der Waals surface area (Å²) in [4.78, 5) is 17.9. The molecule has 4 nitrogen and oxygen atoms in total. The van der Waals surface area contributed by atoms with Crippen LogP contribution in [-0.4, -0.2) is 21.0 Å². The van der Waals surface area contributed by atoms with E-state index in [1.807, 2.05) is 36.4 Å². The fraction of sp³-hybridized carbons (Fsp3) is 0.0714. The van der Waals surface area contributed by atoms with E-state index in [4.69, 9.17) is 5.11 Å². The second kappa shape index (κ2) is 7.73. The molecule has 0 aromatic carbocycles. The summed E-state index contributed by atoms with van der Waals surface area (Å²) in [6.45, 7) is 3.22. The second-order valence-electron chi connectivity index (χ2n) is 3.32. The Morgan fingerprint density at radius 2 is 1.61 bits per heavy atom. The molecule has 0 amide bonds. The van der Waals surface area contributed by atoms with Gasteiger partial charge in [0.25, 0.3) is 0 Å². The fourth-order valence-corrected chi connectivity index (χ4v) is 1.15. The topological polar surface area (TPSA) is 63.1 Å². The predicted molar refractivity (Wildman–Crippen MR) is 69.9 cm³/mol. The summed E-state index contributed by atoms with van der Waals surface area (Å²) in [5, 5.41) is 7.84. The molecule has 0 fully saturated rings. The Balaban J connectivity index is 0.000000232. The quantitative estimate of drug-likeness (QED) is 0.840. The molecule has 2 aromatic heterocycles. The van der Waals surface area contributed by atoms with Crippen LogP contribution in [0.5, 0.6) is 0 Å². The molecule has 0 radical (unpaired) electrons. The summed E-state index contributed by atoms with van der Waals surface area (Å²) < 4.78 is 0. The van der Waals surface area contributed by atoms with Gasteiger partial charge in [-0.15, -0.1) is 6.58 Å². The maximum atomic E-state index is 9.53. The van der Waals surface area contributed by atoms with Crippen LogP contribution in [0.15, 0.2) is 61.4 Å². The highest BCUT2D eigenvalue weighted by Crippen LogP contribution is 2.10. The zero-order valence-electron chi connectivity index (χ0n) is 9.86. The molecule has 2 aromatic rings. The first kappa shape index (κ1) is 13.6. The lowest BCUT2D eigenvalue weighted by Crippen LogP contribution is -1.88. The highest BCUT2D eigenvalue weighted by molar-refractivity contribution is 5.68. The SMILES string of the molecule is C=CCC(=O)O.c1ccc(-c2ccccn2)nc1. The Kier molecular flexibility index (Phi) is 5.83. The van der Waals surface area contributed by atoms with Crippen molar-refractivity contribution >= 4 is 5.97 Å². The van der Waals surface area contributed by atoms with Crippen LogP contribution in [0.25, 0.3) is 11.4 Å². The van der Waals surface area contributed by atoms with Crippen LogP contribution in [0.1, 0.15) is 6.42 Å². The molecule has 0 bridgehead atoms. The average Bonchev–Trinajstić information content (AvgIpc) is 2.41. The molecule has 0 aliphatic carbocycles. The van der Waals surface area contributed by atoms with Gasteiger partial charge in [-0.3, -0.25) is 14.8 Å². The maximum absolute atomic E-state index is 9.53. The minimum atomic E-state index is -0.829. The van der Waals surface area contributed by atoms with Crippen molar-refractivity contribution in [3.05, 3.63) is 61.4 Å². The minimum absolute atomic E-state index is 0.0556. The number of rotatable bonds is 3. The van der Waals surface area contributed by atoms with Crippen molar-refractivity contribution < 1.29 is 9.90 Å². The van der Waals surface area contributed by atoms with Gasteiger partial charge in [0.2, 0.25) is 0 Å². The molecule has 2 heterocycles. The fourth-order valence-electron chi connectivity index (χ4n) is 1.15. The van der Waals surface area contributed by atoms with Gasteiger partial charge >= 0.3 is 5.97 Å². The Morgan fingerprint density at radius 1 is 1.11 bits per heavy atom. The number of carbonyl (C=O) groups is 1. The first-order chi connectivity index (χ1) is 8.74. The van der Waals surface area contributed by atoms with Gasteiger partial charge in [0.15, 0.2) is 0 Å². The van der Waals surface area contributed by atoms with Gasteiger partial charge in [-0.25, -0.2) is 0 Å². The molecule has 18 heavy (non-hydrogen) atoms. The Labute approximate surface area is 106 Å². The lowest BCUT2D eigenvalue weighted by atomic mass is 10.2. The summed E-state index contributed by atoms with van der Waals surface area (Å²) in [5.74, 6) is -0.829. The van der Waals surface area contributed by atoms with Crippen LogP contribution in [0.4, 0.5) is 0 Å². The highest BCUT2D eigenvalue weighted by atomic mass is 16.4. The third-order valence-electron chi connectivity index (χ3n) is 1.91. The number of carboxylic acids is 1. The van der Waals surface area contributed by atoms with Gasteiger partial charge in [-0.1, -0.05) is 18.2 Å². The zero-order valence-corrected chi connectivity index (χ0v) is 9.86. The number of nitrogens with zero attached hydrogens (tertiary/aromatic N) is 2. The molecule has 92 valence electrons. The zero-order chi connectivity index (χ0) is 13.2. The highest BCUT2D eigenvalue weighted by Gasteiger charge is 1.95. The molecule has 0 aliphatic rings. The number of aromatic nitrogens is 2. The van der Waals surface area contributed by atoms with E-state index in [9.17, 15) is 4.79 Å². The summed E-state index contributed by atoms with van der Waals surface area (Å²) in [5.41, 5.74) is 1.83. The molecule has 0 spiro atoms. The van der Waals surface area contributed by atoms with E-state index in [-0.39, 0.29) is 6.42 Å². The van der Waals surface area contributed by atoms with Gasteiger partial charge in [-0.2, -0.15) is 0 Å². The van der Waals surface area contributed by atoms with E-state index < -0.39 is 5.97 Å². The normalized spacial score (nSPS) is 8.89. The molecular weight excluding hydrogens is 228 g/mol. The van der Waals surface area contributed by atoms with Crippen molar-refractivity contribution in [2.75, 3.05) is 0 Å². The van der Waals surface area contributed by atoms with E-state index >= 15 is 0 Å². The average molecular weight is 242 g/mol. The third-order valence-corrected chi connectivity index (χ3v) is 1.91. The van der Waals surface area contributed by atoms with Crippen molar-refractivity contribution in [2.24, 2.45) is 0 Å². The van der Waals surface area contributed by atoms with E-state index in [2.05, 4.69) is 16.5 Å². The lowest BCUT2D eigenvalue weighted by molar-refractivity contribution is -0.135. The second-order valence-corrected chi connectivity index (χ2v) is 3.32. The van der Waals surface area contributed by atoms with Gasteiger partial charge in [0, 0.05) is 12.4 Å². The molecule has 1 N–H and O–H groups in total. The molecular formula is C14H14N2O2. The molecule has 2 rings (SSSR count). The number of aliphatic carboxylic acids is 1. The number of hydrogen-bond donors (Lipinski definition) is 1. The molecule has 0 unspecified atom stereocenters. The van der Waals surface area contributed by atoms with E-state index in [0.29, 0.717) is 0 Å². The van der Waals surface area contributed by atoms with E-state index in [0.717, 1.165) is 11.4 Å². The van der Waals surface area contributed by atoms with Crippen molar-refractivity contribution in [1.29, 1.82) is 0 Å². The predicted octanol–water partition coefficient (Wildman–Crippen LogP) is 2.79. The number of pyridine rings is 2. The molecule has 0 aliphatic heterocycles. The third kappa shape index (κ3) is 5.03. The van der Waals surface area contributed by atoms with Crippen molar-refractivity contribution in [2.45, 2.75) is 6.42 Å². The molecule has 4 heteroatoms. The summed E-state index contributed by atoms with van der Waals surface area (Å²) >= 11 is 0. The van der Waals surface area contributed by atoms with Gasteiger partial charge < -0.3 is 5.11 Å². The van der Waals surface area contributed by atoms with Crippen molar-refractivity contribution in [3.8, 4) is 11.4 Å². The number of hydrogen-bond acceptors (Lipinski definition) is 3. The van der Waals surface area contributed by atoms with Crippen LogP contribution in [0.3, 0.4) is 0 Å². The molecule has 0 saturated heterocycles. The van der Waals surface area contributed by atoms with Gasteiger partial charge in [0.1, 0.15) is 0 Å². The van der Waals surface area contributed by atoms with Gasteiger partial charge in [0.05, 0.1) is 17.8 Å². The van der Waals surface area contributed by atoms with Crippen LogP contribution in [0.2, 0.25) is 0 Å². The summed E-state index contributed by atoms with van der Waals surface area (Å²) in [6.07, 6.45) is 4.94.